The van der Waals surface area contributed by atoms with Gasteiger partial charge in [-0.1, -0.05) is 12.8 Å². The maximum absolute atomic E-state index is 2.86. The average Bonchev–Trinajstić information content (AvgIpc) is 2.67. The summed E-state index contributed by atoms with van der Waals surface area (Å²) in [4.78, 5) is 0. The van der Waals surface area contributed by atoms with E-state index < -0.39 is 0 Å². The third-order valence-electron chi connectivity index (χ3n) is 1.05. The molecular formula is C10H9FeLi. The van der Waals surface area contributed by atoms with Gasteiger partial charge < -0.3 is 6.42 Å². The van der Waals surface area contributed by atoms with Gasteiger partial charge in [-0.05, 0) is 32.1 Å². The van der Waals surface area contributed by atoms with Crippen molar-refractivity contribution >= 4 is 0 Å². The standard InChI is InChI=1S/C5H5.C5H4.Fe.Li/c2*1-2-4-5-3-1;;/h1-5H;1-4H;;/q;-1;;+1. The molecule has 0 saturated heterocycles. The Morgan fingerprint density at radius 2 is 0.917 bits per heavy atom. The molecule has 0 aromatic carbocycles. The Morgan fingerprint density at radius 3 is 1.08 bits per heavy atom. The Morgan fingerprint density at radius 1 is 0.583 bits per heavy atom. The van der Waals surface area contributed by atoms with Crippen molar-refractivity contribution < 1.29 is 35.9 Å². The van der Waals surface area contributed by atoms with Gasteiger partial charge in [0.25, 0.3) is 0 Å². The summed E-state index contributed by atoms with van der Waals surface area (Å²) >= 11 is 0. The first-order valence-corrected chi connectivity index (χ1v) is 3.24. The van der Waals surface area contributed by atoms with E-state index in [1.807, 2.05) is 57.8 Å². The molecule has 0 spiro atoms. The summed E-state index contributed by atoms with van der Waals surface area (Å²) < 4.78 is 0. The molecule has 2 saturated carbocycles. The summed E-state index contributed by atoms with van der Waals surface area (Å²) in [6, 6.07) is 0. The van der Waals surface area contributed by atoms with Gasteiger partial charge >= 0.3 is 18.9 Å². The van der Waals surface area contributed by atoms with E-state index in [1.54, 1.807) is 0 Å². The van der Waals surface area contributed by atoms with Gasteiger partial charge in [-0.15, -0.1) is 0 Å². The Kier molecular flexibility index (Phi) is 15.7. The van der Waals surface area contributed by atoms with Crippen molar-refractivity contribution in [2.24, 2.45) is 0 Å². The van der Waals surface area contributed by atoms with Gasteiger partial charge in [0.15, 0.2) is 0 Å². The largest absolute Gasteiger partial charge is 1.00 e. The fourth-order valence-corrected chi connectivity index (χ4v) is 0.599. The summed E-state index contributed by atoms with van der Waals surface area (Å²) in [6.07, 6.45) is 20.5. The maximum atomic E-state index is 2.86. The van der Waals surface area contributed by atoms with Crippen molar-refractivity contribution in [2.45, 2.75) is 0 Å². The third kappa shape index (κ3) is 9.21. The van der Waals surface area contributed by atoms with E-state index in [-0.39, 0.29) is 35.9 Å². The van der Waals surface area contributed by atoms with Crippen LogP contribution in [0.25, 0.3) is 0 Å². The molecule has 12 heavy (non-hydrogen) atoms. The van der Waals surface area contributed by atoms with Crippen molar-refractivity contribution in [3.05, 3.63) is 64.2 Å². The second-order valence-electron chi connectivity index (χ2n) is 1.85. The van der Waals surface area contributed by atoms with E-state index >= 15 is 0 Å². The average molecular weight is 192 g/mol. The zero-order chi connectivity index (χ0) is 7.07. The molecule has 0 aromatic rings. The topological polar surface area (TPSA) is 0 Å². The molecule has 2 heteroatoms. The summed E-state index contributed by atoms with van der Waals surface area (Å²) in [7, 11) is 0. The second-order valence-corrected chi connectivity index (χ2v) is 1.85. The molecular weight excluding hydrogens is 183 g/mol. The molecule has 0 heterocycles. The maximum Gasteiger partial charge on any atom is 1.00 e. The van der Waals surface area contributed by atoms with E-state index in [2.05, 4.69) is 6.42 Å². The molecule has 58 valence electrons. The van der Waals surface area contributed by atoms with Crippen LogP contribution in [0.5, 0.6) is 0 Å². The molecule has 0 unspecified atom stereocenters. The van der Waals surface area contributed by atoms with Crippen LogP contribution in [0.1, 0.15) is 0 Å². The van der Waals surface area contributed by atoms with Gasteiger partial charge in [0.05, 0.1) is 0 Å². The van der Waals surface area contributed by atoms with Crippen LogP contribution in [-0.4, -0.2) is 0 Å². The monoisotopic (exact) mass is 192 g/mol. The number of hydrogen-bond donors (Lipinski definition) is 0. The molecule has 0 amide bonds. The quantitative estimate of drug-likeness (QED) is 0.338. The SMILES string of the molecule is [C-]1[CH][CH][CH][CH]1.[CH]1[CH][CH][CH][CH]1.[Fe].[Li+]. The van der Waals surface area contributed by atoms with Crippen LogP contribution in [0, 0.1) is 64.2 Å². The first kappa shape index (κ1) is 15.6. The Hall–Kier alpha value is 1.12. The Bertz CT molecular complexity index is 43.0. The Labute approximate surface area is 99.9 Å². The fourth-order valence-electron chi connectivity index (χ4n) is 0.599. The van der Waals surface area contributed by atoms with Crippen molar-refractivity contribution in [3.63, 3.8) is 0 Å². The zero-order valence-corrected chi connectivity index (χ0v) is 8.15. The predicted octanol–water partition coefficient (Wildman–Crippen LogP) is -1.08. The van der Waals surface area contributed by atoms with Crippen molar-refractivity contribution in [1.29, 1.82) is 0 Å². The minimum absolute atomic E-state index is 0. The van der Waals surface area contributed by atoms with Gasteiger partial charge in [0, 0.05) is 17.1 Å². The van der Waals surface area contributed by atoms with E-state index in [9.17, 15) is 0 Å². The summed E-state index contributed by atoms with van der Waals surface area (Å²) in [5, 5.41) is 0. The first-order chi connectivity index (χ1) is 5.00. The van der Waals surface area contributed by atoms with Crippen LogP contribution >= 0.6 is 0 Å². The van der Waals surface area contributed by atoms with E-state index in [0.717, 1.165) is 0 Å². The van der Waals surface area contributed by atoms with Gasteiger partial charge in [0.2, 0.25) is 0 Å². The molecule has 0 aliphatic heterocycles. The van der Waals surface area contributed by atoms with E-state index in [1.165, 1.54) is 0 Å². The summed E-state index contributed by atoms with van der Waals surface area (Å²) in [6.45, 7) is 0. The molecule has 0 N–H and O–H groups in total. The third-order valence-corrected chi connectivity index (χ3v) is 1.05. The molecule has 2 aliphatic carbocycles. The molecule has 10 radical (unpaired) electrons. The molecule has 0 atom stereocenters. The van der Waals surface area contributed by atoms with Gasteiger partial charge in [0.1, 0.15) is 0 Å². The fraction of sp³-hybridized carbons (Fsp3) is 0. The second kappa shape index (κ2) is 12.1. The summed E-state index contributed by atoms with van der Waals surface area (Å²) in [5.74, 6) is 0. The minimum Gasteiger partial charge on any atom is -0.474 e. The van der Waals surface area contributed by atoms with E-state index in [4.69, 9.17) is 0 Å². The van der Waals surface area contributed by atoms with Gasteiger partial charge in [-0.25, -0.2) is 12.8 Å². The molecule has 2 fully saturated rings. The number of hydrogen-bond acceptors (Lipinski definition) is 0. The zero-order valence-electron chi connectivity index (χ0n) is 7.05. The summed E-state index contributed by atoms with van der Waals surface area (Å²) in [5.41, 5.74) is 0. The van der Waals surface area contributed by atoms with Crippen LogP contribution in [0.3, 0.4) is 0 Å². The molecule has 0 aromatic heterocycles. The van der Waals surface area contributed by atoms with Crippen LogP contribution in [-0.2, 0) is 17.1 Å². The van der Waals surface area contributed by atoms with Crippen molar-refractivity contribution in [1.82, 2.24) is 0 Å². The van der Waals surface area contributed by atoms with Crippen LogP contribution < -0.4 is 18.9 Å². The van der Waals surface area contributed by atoms with Crippen LogP contribution in [0.2, 0.25) is 0 Å². The van der Waals surface area contributed by atoms with Crippen molar-refractivity contribution in [2.75, 3.05) is 0 Å². The van der Waals surface area contributed by atoms with Gasteiger partial charge in [-0.3, -0.25) is 0 Å². The van der Waals surface area contributed by atoms with Gasteiger partial charge in [-0.2, -0.15) is 0 Å². The molecule has 2 rings (SSSR count). The first-order valence-electron chi connectivity index (χ1n) is 3.24. The molecule has 0 nitrogen and oxygen atoms in total. The van der Waals surface area contributed by atoms with Crippen LogP contribution in [0.4, 0.5) is 0 Å². The predicted molar refractivity (Wildman–Crippen MR) is 41.9 cm³/mol. The van der Waals surface area contributed by atoms with Crippen LogP contribution in [0.15, 0.2) is 0 Å². The van der Waals surface area contributed by atoms with E-state index in [0.29, 0.717) is 0 Å². The number of rotatable bonds is 0. The minimum atomic E-state index is 0. The molecule has 2 aliphatic rings. The smallest absolute Gasteiger partial charge is 0.474 e. The normalized spacial score (nSPS) is 20.0. The van der Waals surface area contributed by atoms with Crippen molar-refractivity contribution in [3.8, 4) is 0 Å². The Balaban J connectivity index is 0. The molecule has 0 bridgehead atoms.